The van der Waals surface area contributed by atoms with Crippen LogP contribution in [0.5, 0.6) is 0 Å². The number of rotatable bonds is 23. The van der Waals surface area contributed by atoms with Crippen molar-refractivity contribution in [3.05, 3.63) is 81.6 Å². The number of unbranched alkanes of at least 4 members (excludes halogenated alkanes) is 3. The van der Waals surface area contributed by atoms with E-state index in [0.717, 1.165) is 58.0 Å². The molecule has 0 bridgehead atoms. The molecule has 2 amide bonds. The zero-order valence-corrected chi connectivity index (χ0v) is 32.7. The first-order chi connectivity index (χ1) is 25.9. The fraction of sp³-hybridized carbons (Fsp3) is 0.538. The fourth-order valence-corrected chi connectivity index (χ4v) is 5.70. The van der Waals surface area contributed by atoms with Crippen LogP contribution in [0.15, 0.2) is 48.5 Å². The summed E-state index contributed by atoms with van der Waals surface area (Å²) in [7, 11) is 1.91. The van der Waals surface area contributed by atoms with Gasteiger partial charge in [0.1, 0.15) is 6.10 Å². The molecule has 0 aliphatic heterocycles. The number of hydrogen-bond donors (Lipinski definition) is 9. The van der Waals surface area contributed by atoms with Crippen LogP contribution in [0.2, 0.25) is 5.15 Å². The van der Waals surface area contributed by atoms with Crippen LogP contribution in [-0.4, -0.2) is 118 Å². The van der Waals surface area contributed by atoms with Gasteiger partial charge in [-0.15, -0.1) is 0 Å². The highest BCUT2D eigenvalue weighted by Gasteiger charge is 2.26. The largest absolute Gasteiger partial charge is 0.396 e. The van der Waals surface area contributed by atoms with Gasteiger partial charge in [0.05, 0.1) is 12.2 Å². The topological polar surface area (TPSA) is 232 Å². The molecule has 1 heterocycles. The Hall–Kier alpha value is -3.89. The first-order valence-corrected chi connectivity index (χ1v) is 19.1. The number of aliphatic hydroxyl groups is 4. The molecular weight excluding hydrogens is 712 g/mol. The van der Waals surface area contributed by atoms with Crippen molar-refractivity contribution in [2.24, 2.45) is 0 Å². The molecule has 0 aliphatic rings. The molecule has 54 heavy (non-hydrogen) atoms. The average molecular weight is 773 g/mol. The number of carbonyl (C=O) groups is 2. The highest BCUT2D eigenvalue weighted by Crippen LogP contribution is 2.17. The van der Waals surface area contributed by atoms with E-state index in [1.165, 1.54) is 16.7 Å². The van der Waals surface area contributed by atoms with Crippen LogP contribution in [0.1, 0.15) is 83.0 Å². The normalized spacial score (nSPS) is 12.8. The molecule has 2 aromatic carbocycles. The van der Waals surface area contributed by atoms with Crippen LogP contribution in [0.25, 0.3) is 0 Å². The third-order valence-corrected chi connectivity index (χ3v) is 9.15. The minimum Gasteiger partial charge on any atom is -0.396 e. The lowest BCUT2D eigenvalue weighted by atomic mass is 10.0. The summed E-state index contributed by atoms with van der Waals surface area (Å²) in [5.74, 6) is -0.569. The predicted octanol–water partition coefficient (Wildman–Crippen LogP) is 2.49. The number of anilines is 2. The molecule has 0 fully saturated rings. The standard InChI is InChI=1S/C24H43N3O5.C15H18ClN5O/c1-3-4-5-6-15-27(18-22(30)23(31)21(29)12-17-28)16-14-26-24(32)20-9-7-19(8-10-20)11-13-25-2;1-9-5-2-3-6-10(9)7-4-8-19-15(22)11-13(17)21-14(18)12(16)20-11/h7-10,21-23,25,28-31H,3-6,11-18H2,1-2H3,(H,26,32);2-3,5-6H,4,7-8H2,1H3,(H,19,22)(H4,17,18,21). The van der Waals surface area contributed by atoms with E-state index in [2.05, 4.69) is 51.9 Å². The van der Waals surface area contributed by atoms with Gasteiger partial charge in [-0.2, -0.15) is 0 Å². The van der Waals surface area contributed by atoms with Crippen molar-refractivity contribution in [3.63, 3.8) is 0 Å². The number of benzene rings is 2. The Balaban J connectivity index is 0.000000398. The maximum Gasteiger partial charge on any atom is 0.273 e. The van der Waals surface area contributed by atoms with Crippen LogP contribution in [-0.2, 0) is 12.8 Å². The van der Waals surface area contributed by atoms with Gasteiger partial charge in [0.15, 0.2) is 22.5 Å². The van der Waals surface area contributed by atoms with E-state index in [0.29, 0.717) is 25.2 Å². The zero-order valence-electron chi connectivity index (χ0n) is 31.9. The van der Waals surface area contributed by atoms with Crippen LogP contribution in [0.4, 0.5) is 11.6 Å². The van der Waals surface area contributed by atoms with Crippen molar-refractivity contribution in [1.29, 1.82) is 0 Å². The van der Waals surface area contributed by atoms with E-state index >= 15 is 0 Å². The molecule has 0 saturated heterocycles. The fourth-order valence-electron chi connectivity index (χ4n) is 5.57. The lowest BCUT2D eigenvalue weighted by molar-refractivity contribution is -0.0746. The van der Waals surface area contributed by atoms with Gasteiger partial charge >= 0.3 is 0 Å². The van der Waals surface area contributed by atoms with Crippen molar-refractivity contribution in [2.45, 2.75) is 83.5 Å². The first kappa shape index (κ1) is 46.3. The third kappa shape index (κ3) is 17.1. The zero-order chi connectivity index (χ0) is 39.9. The molecule has 3 unspecified atom stereocenters. The monoisotopic (exact) mass is 772 g/mol. The second kappa shape index (κ2) is 26.0. The van der Waals surface area contributed by atoms with Crippen molar-refractivity contribution in [2.75, 3.05) is 64.4 Å². The van der Waals surface area contributed by atoms with E-state index < -0.39 is 24.2 Å². The number of aromatic nitrogens is 2. The quantitative estimate of drug-likeness (QED) is 0.0633. The van der Waals surface area contributed by atoms with E-state index in [-0.39, 0.29) is 48.0 Å². The average Bonchev–Trinajstić information content (AvgIpc) is 3.16. The molecule has 11 N–H and O–H groups in total. The number of nitrogens with one attached hydrogen (secondary N) is 3. The van der Waals surface area contributed by atoms with Gasteiger partial charge in [0, 0.05) is 38.3 Å². The van der Waals surface area contributed by atoms with E-state index in [9.17, 15) is 24.9 Å². The van der Waals surface area contributed by atoms with Gasteiger partial charge in [0.25, 0.3) is 11.8 Å². The molecule has 0 spiro atoms. The van der Waals surface area contributed by atoms with E-state index in [1.807, 2.05) is 48.3 Å². The third-order valence-electron chi connectivity index (χ3n) is 8.87. The lowest BCUT2D eigenvalue weighted by Crippen LogP contribution is -2.46. The number of likely N-dealkylation sites (N-methyl/N-ethyl adjacent to an activating group) is 1. The summed E-state index contributed by atoms with van der Waals surface area (Å²) < 4.78 is 0. The summed E-state index contributed by atoms with van der Waals surface area (Å²) in [6.45, 7) is 7.21. The molecule has 15 heteroatoms. The molecule has 3 rings (SSSR count). The van der Waals surface area contributed by atoms with Gasteiger partial charge < -0.3 is 47.8 Å². The highest BCUT2D eigenvalue weighted by atomic mass is 35.5. The second-order valence-electron chi connectivity index (χ2n) is 13.2. The van der Waals surface area contributed by atoms with Gasteiger partial charge in [-0.3, -0.25) is 14.5 Å². The number of aliphatic hydroxyl groups excluding tert-OH is 4. The summed E-state index contributed by atoms with van der Waals surface area (Å²) in [4.78, 5) is 34.1. The Kier molecular flexibility index (Phi) is 22.3. The molecule has 0 radical (unpaired) electrons. The van der Waals surface area contributed by atoms with Crippen molar-refractivity contribution in [3.8, 4) is 0 Å². The summed E-state index contributed by atoms with van der Waals surface area (Å²) in [5.41, 5.74) is 15.4. The Morgan fingerprint density at radius 3 is 2.20 bits per heavy atom. The molecule has 1 aromatic heterocycles. The maximum atomic E-state index is 12.5. The molecule has 0 aliphatic carbocycles. The number of aryl methyl sites for hydroxylation is 2. The van der Waals surface area contributed by atoms with Gasteiger partial charge in [-0.05, 0) is 88.0 Å². The number of nitrogens with two attached hydrogens (primary N) is 2. The van der Waals surface area contributed by atoms with Crippen molar-refractivity contribution >= 4 is 35.1 Å². The Bertz CT molecular complexity index is 1530. The molecular formula is C39H61ClN8O6. The summed E-state index contributed by atoms with van der Waals surface area (Å²) in [6, 6.07) is 15.7. The number of amides is 2. The van der Waals surface area contributed by atoms with Crippen LogP contribution >= 0.6 is 11.6 Å². The first-order valence-electron chi connectivity index (χ1n) is 18.7. The number of halogens is 1. The Morgan fingerprint density at radius 1 is 0.833 bits per heavy atom. The Morgan fingerprint density at radius 2 is 1.54 bits per heavy atom. The second-order valence-corrected chi connectivity index (χ2v) is 13.6. The van der Waals surface area contributed by atoms with Crippen molar-refractivity contribution < 1.29 is 30.0 Å². The van der Waals surface area contributed by atoms with E-state index in [4.69, 9.17) is 28.2 Å². The lowest BCUT2D eigenvalue weighted by Gasteiger charge is -2.29. The number of carbonyl (C=O) groups excluding carboxylic acids is 2. The molecule has 3 aromatic rings. The van der Waals surface area contributed by atoms with Crippen molar-refractivity contribution in [1.82, 2.24) is 30.8 Å². The molecule has 14 nitrogen and oxygen atoms in total. The number of nitrogen functional groups attached to an aromatic ring is 2. The predicted molar refractivity (Wildman–Crippen MR) is 214 cm³/mol. The van der Waals surface area contributed by atoms with Gasteiger partial charge in [-0.25, -0.2) is 9.97 Å². The maximum absolute atomic E-state index is 12.5. The minimum absolute atomic E-state index is 0.00454. The van der Waals surface area contributed by atoms with E-state index in [1.54, 1.807) is 0 Å². The molecule has 0 saturated carbocycles. The summed E-state index contributed by atoms with van der Waals surface area (Å²) >= 11 is 5.75. The van der Waals surface area contributed by atoms with Gasteiger partial charge in [0.2, 0.25) is 0 Å². The highest BCUT2D eigenvalue weighted by molar-refractivity contribution is 6.31. The van der Waals surface area contributed by atoms with Crippen LogP contribution < -0.4 is 27.4 Å². The number of hydrogen-bond acceptors (Lipinski definition) is 12. The molecule has 300 valence electrons. The number of nitrogens with zero attached hydrogens (tertiary/aromatic N) is 3. The van der Waals surface area contributed by atoms with Crippen LogP contribution in [0, 0.1) is 6.92 Å². The summed E-state index contributed by atoms with van der Waals surface area (Å²) in [5, 5.41) is 48.0. The summed E-state index contributed by atoms with van der Waals surface area (Å²) in [6.07, 6.45) is 3.28. The minimum atomic E-state index is -1.32. The molecule has 3 atom stereocenters. The SMILES string of the molecule is CCCCCCN(CCNC(=O)c1ccc(CCNC)cc1)CC(O)C(O)C(O)CCO.Cc1ccccc1CCCNC(=O)c1nc(Cl)c(N)nc1N. The Labute approximate surface area is 324 Å². The smallest absolute Gasteiger partial charge is 0.273 e. The van der Waals surface area contributed by atoms with Gasteiger partial charge in [-0.1, -0.05) is 74.2 Å². The van der Waals surface area contributed by atoms with Crippen LogP contribution in [0.3, 0.4) is 0 Å².